The average Bonchev–Trinajstić information content (AvgIpc) is 2.59. The van der Waals surface area contributed by atoms with Gasteiger partial charge in [-0.2, -0.15) is 13.2 Å². The Morgan fingerprint density at radius 2 is 1.63 bits per heavy atom. The summed E-state index contributed by atoms with van der Waals surface area (Å²) in [4.78, 5) is 0. The zero-order valence-corrected chi connectivity index (χ0v) is 15.5. The molecule has 0 saturated heterocycles. The van der Waals surface area contributed by atoms with Crippen LogP contribution in [0.1, 0.15) is 23.6 Å². The number of ether oxygens (including phenoxy) is 1. The van der Waals surface area contributed by atoms with Crippen LogP contribution < -0.4 is 4.72 Å². The molecule has 0 amide bonds. The van der Waals surface area contributed by atoms with E-state index in [1.807, 2.05) is 0 Å². The molecular formula is C18H19F4NO3S. The number of rotatable bonds is 7. The summed E-state index contributed by atoms with van der Waals surface area (Å²) in [5.74, 6) is -1.05. The molecule has 0 aliphatic carbocycles. The number of halogens is 4. The first kappa shape index (κ1) is 21.3. The molecule has 1 atom stereocenters. The zero-order chi connectivity index (χ0) is 20.3. The van der Waals surface area contributed by atoms with E-state index in [0.29, 0.717) is 0 Å². The normalized spacial score (nSPS) is 14.7. The van der Waals surface area contributed by atoms with Gasteiger partial charge in [-0.3, -0.25) is 0 Å². The molecule has 27 heavy (non-hydrogen) atoms. The lowest BCUT2D eigenvalue weighted by Crippen LogP contribution is -2.41. The van der Waals surface area contributed by atoms with Gasteiger partial charge in [0, 0.05) is 19.2 Å². The molecule has 148 valence electrons. The SMILES string of the molecule is COC(C)(CNS(=O)(=O)Cc1ccc(C(F)(F)F)cc1)c1ccccc1F. The molecular weight excluding hydrogens is 386 g/mol. The Bertz CT molecular complexity index is 882. The van der Waals surface area contributed by atoms with Crippen LogP contribution in [0.4, 0.5) is 17.6 Å². The lowest BCUT2D eigenvalue weighted by atomic mass is 9.95. The van der Waals surface area contributed by atoms with Gasteiger partial charge in [0.05, 0.1) is 11.3 Å². The quantitative estimate of drug-likeness (QED) is 0.713. The molecule has 9 heteroatoms. The number of methoxy groups -OCH3 is 1. The summed E-state index contributed by atoms with van der Waals surface area (Å²) >= 11 is 0. The first-order valence-electron chi connectivity index (χ1n) is 7.90. The summed E-state index contributed by atoms with van der Waals surface area (Å²) in [7, 11) is -2.55. The van der Waals surface area contributed by atoms with Crippen molar-refractivity contribution in [2.24, 2.45) is 0 Å². The summed E-state index contributed by atoms with van der Waals surface area (Å²) in [6.07, 6.45) is -4.49. The molecule has 0 spiro atoms. The number of hydrogen-bond acceptors (Lipinski definition) is 3. The Kier molecular flexibility index (Phi) is 6.28. The van der Waals surface area contributed by atoms with Crippen LogP contribution in [0.5, 0.6) is 0 Å². The van der Waals surface area contributed by atoms with Gasteiger partial charge < -0.3 is 4.74 Å². The molecule has 0 aliphatic heterocycles. The van der Waals surface area contributed by atoms with Crippen molar-refractivity contribution in [1.82, 2.24) is 4.72 Å². The third kappa shape index (κ3) is 5.50. The van der Waals surface area contributed by atoms with Crippen molar-refractivity contribution >= 4 is 10.0 Å². The van der Waals surface area contributed by atoms with Crippen molar-refractivity contribution in [3.8, 4) is 0 Å². The number of alkyl halides is 3. The second-order valence-electron chi connectivity index (χ2n) is 6.19. The monoisotopic (exact) mass is 405 g/mol. The van der Waals surface area contributed by atoms with Gasteiger partial charge in [0.15, 0.2) is 0 Å². The maximum Gasteiger partial charge on any atom is 0.416 e. The lowest BCUT2D eigenvalue weighted by Gasteiger charge is -2.29. The van der Waals surface area contributed by atoms with Crippen molar-refractivity contribution in [2.75, 3.05) is 13.7 Å². The summed E-state index contributed by atoms with van der Waals surface area (Å²) in [5, 5.41) is 0. The topological polar surface area (TPSA) is 55.4 Å². The molecule has 0 radical (unpaired) electrons. The van der Waals surface area contributed by atoms with Gasteiger partial charge in [-0.15, -0.1) is 0 Å². The van der Waals surface area contributed by atoms with Gasteiger partial charge >= 0.3 is 6.18 Å². The standard InChI is InChI=1S/C18H19F4NO3S/c1-17(26-2,15-5-3-4-6-16(15)19)12-23-27(24,25)11-13-7-9-14(10-8-13)18(20,21)22/h3-10,23H,11-12H2,1-2H3. The third-order valence-electron chi connectivity index (χ3n) is 4.16. The maximum atomic E-state index is 14.0. The van der Waals surface area contributed by atoms with Crippen LogP contribution in [0.2, 0.25) is 0 Å². The van der Waals surface area contributed by atoms with Gasteiger partial charge in [0.1, 0.15) is 11.4 Å². The predicted molar refractivity (Wildman–Crippen MR) is 92.8 cm³/mol. The minimum absolute atomic E-state index is 0.185. The van der Waals surface area contributed by atoms with Crippen molar-refractivity contribution in [2.45, 2.75) is 24.5 Å². The molecule has 2 aromatic rings. The summed E-state index contributed by atoms with van der Waals surface area (Å²) < 4.78 is 83.9. The first-order valence-corrected chi connectivity index (χ1v) is 9.56. The highest BCUT2D eigenvalue weighted by Gasteiger charge is 2.32. The van der Waals surface area contributed by atoms with Crippen LogP contribution in [-0.2, 0) is 32.3 Å². The molecule has 0 heterocycles. The van der Waals surface area contributed by atoms with Crippen LogP contribution >= 0.6 is 0 Å². The van der Waals surface area contributed by atoms with E-state index in [4.69, 9.17) is 4.74 Å². The fourth-order valence-corrected chi connectivity index (χ4v) is 3.70. The Morgan fingerprint density at radius 3 is 2.15 bits per heavy atom. The van der Waals surface area contributed by atoms with E-state index in [0.717, 1.165) is 24.3 Å². The number of hydrogen-bond donors (Lipinski definition) is 1. The highest BCUT2D eigenvalue weighted by molar-refractivity contribution is 7.88. The molecule has 2 rings (SSSR count). The van der Waals surface area contributed by atoms with Crippen LogP contribution in [0.3, 0.4) is 0 Å². The van der Waals surface area contributed by atoms with Crippen LogP contribution in [0.15, 0.2) is 48.5 Å². The minimum Gasteiger partial charge on any atom is -0.372 e. The van der Waals surface area contributed by atoms with E-state index in [9.17, 15) is 26.0 Å². The number of benzene rings is 2. The van der Waals surface area contributed by atoms with Crippen molar-refractivity contribution in [3.63, 3.8) is 0 Å². The maximum absolute atomic E-state index is 14.0. The zero-order valence-electron chi connectivity index (χ0n) is 14.7. The molecule has 0 saturated carbocycles. The summed E-state index contributed by atoms with van der Waals surface area (Å²) in [6, 6.07) is 9.69. The van der Waals surface area contributed by atoms with Crippen molar-refractivity contribution < 1.29 is 30.7 Å². The second kappa shape index (κ2) is 7.95. The largest absolute Gasteiger partial charge is 0.416 e. The summed E-state index contributed by atoms with van der Waals surface area (Å²) in [6.45, 7) is 1.29. The fraction of sp³-hybridized carbons (Fsp3) is 0.333. The third-order valence-corrected chi connectivity index (χ3v) is 5.46. The molecule has 0 aliphatic rings. The fourth-order valence-electron chi connectivity index (χ4n) is 2.48. The number of sulfonamides is 1. The van der Waals surface area contributed by atoms with Crippen molar-refractivity contribution in [3.05, 3.63) is 71.0 Å². The molecule has 0 bridgehead atoms. The molecule has 1 unspecified atom stereocenters. The highest BCUT2D eigenvalue weighted by atomic mass is 32.2. The average molecular weight is 405 g/mol. The summed E-state index contributed by atoms with van der Waals surface area (Å²) in [5.41, 5.74) is -1.73. The van der Waals surface area contributed by atoms with Gasteiger partial charge in [0.2, 0.25) is 10.0 Å². The smallest absolute Gasteiger partial charge is 0.372 e. The minimum atomic E-state index is -4.49. The Hall–Kier alpha value is -1.97. The van der Waals surface area contributed by atoms with Crippen molar-refractivity contribution in [1.29, 1.82) is 0 Å². The predicted octanol–water partition coefficient (Wildman–Crippen LogP) is 3.83. The lowest BCUT2D eigenvalue weighted by molar-refractivity contribution is -0.137. The van der Waals surface area contributed by atoms with Gasteiger partial charge in [-0.1, -0.05) is 30.3 Å². The molecule has 0 fully saturated rings. The van der Waals surface area contributed by atoms with Crippen LogP contribution in [-0.4, -0.2) is 22.1 Å². The van der Waals surface area contributed by atoms with Gasteiger partial charge in [0.25, 0.3) is 0 Å². The molecule has 0 aromatic heterocycles. The van der Waals surface area contributed by atoms with E-state index >= 15 is 0 Å². The molecule has 1 N–H and O–H groups in total. The van der Waals surface area contributed by atoms with E-state index in [2.05, 4.69) is 4.72 Å². The van der Waals surface area contributed by atoms with E-state index in [1.54, 1.807) is 6.07 Å². The molecule has 4 nitrogen and oxygen atoms in total. The van der Waals surface area contributed by atoms with E-state index in [-0.39, 0.29) is 17.7 Å². The Morgan fingerprint density at radius 1 is 1.04 bits per heavy atom. The van der Waals surface area contributed by atoms with Gasteiger partial charge in [-0.25, -0.2) is 17.5 Å². The highest BCUT2D eigenvalue weighted by Crippen LogP contribution is 2.29. The second-order valence-corrected chi connectivity index (χ2v) is 8.00. The first-order chi connectivity index (χ1) is 12.5. The Balaban J connectivity index is 2.10. The van der Waals surface area contributed by atoms with E-state index in [1.165, 1.54) is 32.2 Å². The van der Waals surface area contributed by atoms with Crippen LogP contribution in [0.25, 0.3) is 0 Å². The molecule has 2 aromatic carbocycles. The number of nitrogens with one attached hydrogen (secondary N) is 1. The Labute approximate surface area is 155 Å². The van der Waals surface area contributed by atoms with Gasteiger partial charge in [-0.05, 0) is 30.7 Å². The van der Waals surface area contributed by atoms with Crippen LogP contribution in [0, 0.1) is 5.82 Å². The van der Waals surface area contributed by atoms with E-state index < -0.39 is 38.9 Å².